The molecule has 1 N–H and O–H groups in total. The molecule has 2 fully saturated rings. The highest BCUT2D eigenvalue weighted by atomic mass is 31.2. The fourth-order valence-corrected chi connectivity index (χ4v) is 5.16. The number of hydrogen-bond donors (Lipinski definition) is 1. The molecule has 9 nitrogen and oxygen atoms in total. The van der Waals surface area contributed by atoms with E-state index in [9.17, 15) is 4.79 Å². The summed E-state index contributed by atoms with van der Waals surface area (Å²) in [6.07, 6.45) is -3.07. The molecule has 1 amide bonds. The van der Waals surface area contributed by atoms with Crippen molar-refractivity contribution in [1.29, 1.82) is 0 Å². The van der Waals surface area contributed by atoms with Crippen LogP contribution in [0.3, 0.4) is 0 Å². The molecule has 0 spiro atoms. The molecule has 0 aromatic heterocycles. The van der Waals surface area contributed by atoms with Crippen LogP contribution in [0.15, 0.2) is 60.7 Å². The van der Waals surface area contributed by atoms with Gasteiger partial charge < -0.3 is 33.3 Å². The highest BCUT2D eigenvalue weighted by Gasteiger charge is 2.52. The number of carbonyl (C=O) groups is 1. The van der Waals surface area contributed by atoms with Crippen LogP contribution in [0.1, 0.15) is 38.2 Å². The fourth-order valence-electron chi connectivity index (χ4n) is 4.19. The van der Waals surface area contributed by atoms with E-state index in [1.807, 2.05) is 74.5 Å². The van der Waals surface area contributed by atoms with Gasteiger partial charge in [-0.3, -0.25) is 9.32 Å². The SMILES string of the molecule is CCOP(OCC)O[C@H]1O[C@@H]2COC(c3ccccc3)O[C@@H]2[C@H](OCc2ccccc2)[C@H]1NC(C)=O. The summed E-state index contributed by atoms with van der Waals surface area (Å²) >= 11 is 0. The zero-order valence-corrected chi connectivity index (χ0v) is 21.7. The van der Waals surface area contributed by atoms with Crippen molar-refractivity contribution < 1.29 is 37.3 Å². The van der Waals surface area contributed by atoms with E-state index in [1.165, 1.54) is 6.92 Å². The lowest BCUT2D eigenvalue weighted by atomic mass is 9.95. The van der Waals surface area contributed by atoms with E-state index >= 15 is 0 Å². The Kier molecular flexibility index (Phi) is 10.2. The molecule has 0 radical (unpaired) electrons. The van der Waals surface area contributed by atoms with Gasteiger partial charge >= 0.3 is 8.60 Å². The van der Waals surface area contributed by atoms with E-state index in [2.05, 4.69) is 5.32 Å². The van der Waals surface area contributed by atoms with Gasteiger partial charge in [-0.25, -0.2) is 0 Å². The van der Waals surface area contributed by atoms with E-state index in [0.29, 0.717) is 19.8 Å². The van der Waals surface area contributed by atoms with Crippen molar-refractivity contribution in [2.24, 2.45) is 0 Å². The fraction of sp³-hybridized carbons (Fsp3) is 0.500. The zero-order valence-electron chi connectivity index (χ0n) is 20.8. The van der Waals surface area contributed by atoms with Crippen molar-refractivity contribution >= 4 is 14.5 Å². The van der Waals surface area contributed by atoms with Gasteiger partial charge in [-0.1, -0.05) is 60.7 Å². The molecule has 2 aliphatic rings. The lowest BCUT2D eigenvalue weighted by Crippen LogP contribution is -2.67. The minimum Gasteiger partial charge on any atom is -0.368 e. The Labute approximate surface area is 213 Å². The quantitative estimate of drug-likeness (QED) is 0.441. The Morgan fingerprint density at radius 1 is 1.00 bits per heavy atom. The lowest BCUT2D eigenvalue weighted by Gasteiger charge is -2.49. The molecular formula is C26H34NO8P. The van der Waals surface area contributed by atoms with Gasteiger partial charge in [0.25, 0.3) is 0 Å². The Bertz CT molecular complexity index is 930. The van der Waals surface area contributed by atoms with Gasteiger partial charge in [0.15, 0.2) is 12.6 Å². The molecule has 0 bridgehead atoms. The predicted octanol–water partition coefficient (Wildman–Crippen LogP) is 4.23. The van der Waals surface area contributed by atoms with Crippen molar-refractivity contribution in [3.63, 3.8) is 0 Å². The van der Waals surface area contributed by atoms with E-state index in [4.69, 9.17) is 32.5 Å². The highest BCUT2D eigenvalue weighted by Crippen LogP contribution is 2.45. The maximum absolute atomic E-state index is 12.3. The van der Waals surface area contributed by atoms with Gasteiger partial charge in [0.05, 0.1) is 26.4 Å². The molecule has 6 atom stereocenters. The van der Waals surface area contributed by atoms with E-state index in [0.717, 1.165) is 11.1 Å². The summed E-state index contributed by atoms with van der Waals surface area (Å²) in [5, 5.41) is 2.96. The minimum absolute atomic E-state index is 0.243. The van der Waals surface area contributed by atoms with Crippen LogP contribution in [-0.2, 0) is 43.9 Å². The monoisotopic (exact) mass is 519 g/mol. The first kappa shape index (κ1) is 27.1. The number of fused-ring (bicyclic) bond motifs is 1. The number of rotatable bonds is 11. The molecule has 2 heterocycles. The first-order valence-corrected chi connectivity index (χ1v) is 13.3. The largest absolute Gasteiger partial charge is 0.368 e. The van der Waals surface area contributed by atoms with Crippen LogP contribution in [0.25, 0.3) is 0 Å². The average molecular weight is 520 g/mol. The summed E-state index contributed by atoms with van der Waals surface area (Å²) in [7, 11) is -1.69. The highest BCUT2D eigenvalue weighted by molar-refractivity contribution is 7.41. The van der Waals surface area contributed by atoms with Gasteiger partial charge in [-0.2, -0.15) is 0 Å². The van der Waals surface area contributed by atoms with Crippen molar-refractivity contribution in [3.05, 3.63) is 71.8 Å². The molecule has 196 valence electrons. The molecule has 2 aromatic rings. The second-order valence-electron chi connectivity index (χ2n) is 8.37. The molecule has 2 aliphatic heterocycles. The van der Waals surface area contributed by atoms with Gasteiger partial charge in [0.1, 0.15) is 24.4 Å². The second-order valence-corrected chi connectivity index (χ2v) is 9.55. The Hall–Kier alpha value is -1.94. The number of carbonyl (C=O) groups excluding carboxylic acids is 1. The summed E-state index contributed by atoms with van der Waals surface area (Å²) in [5.74, 6) is -0.243. The van der Waals surface area contributed by atoms with Crippen LogP contribution in [0.5, 0.6) is 0 Å². The maximum Gasteiger partial charge on any atom is 0.335 e. The topological polar surface area (TPSA) is 93.7 Å². The van der Waals surface area contributed by atoms with Crippen LogP contribution < -0.4 is 5.32 Å². The molecule has 2 saturated heterocycles. The van der Waals surface area contributed by atoms with Crippen molar-refractivity contribution in [2.45, 2.75) is 64.3 Å². The summed E-state index contributed by atoms with van der Waals surface area (Å²) < 4.78 is 42.5. The van der Waals surface area contributed by atoms with Gasteiger partial charge in [-0.15, -0.1) is 0 Å². The summed E-state index contributed by atoms with van der Waals surface area (Å²) in [4.78, 5) is 12.3. The average Bonchev–Trinajstić information content (AvgIpc) is 2.89. The second kappa shape index (κ2) is 13.6. The number of ether oxygens (including phenoxy) is 4. The first-order chi connectivity index (χ1) is 17.6. The van der Waals surface area contributed by atoms with Crippen LogP contribution in [-0.4, -0.2) is 56.4 Å². The smallest absolute Gasteiger partial charge is 0.335 e. The van der Waals surface area contributed by atoms with E-state index < -0.39 is 45.5 Å². The van der Waals surface area contributed by atoms with Crippen LogP contribution in [0.2, 0.25) is 0 Å². The van der Waals surface area contributed by atoms with Gasteiger partial charge in [-0.05, 0) is 19.4 Å². The number of nitrogens with one attached hydrogen (secondary N) is 1. The summed E-state index contributed by atoms with van der Waals surface area (Å²) in [6, 6.07) is 18.9. The van der Waals surface area contributed by atoms with E-state index in [1.54, 1.807) is 0 Å². The van der Waals surface area contributed by atoms with Crippen molar-refractivity contribution in [1.82, 2.24) is 5.32 Å². The lowest BCUT2D eigenvalue weighted by molar-refractivity contribution is -0.340. The number of hydrogen-bond acceptors (Lipinski definition) is 8. The summed E-state index contributed by atoms with van der Waals surface area (Å²) in [6.45, 7) is 6.58. The molecule has 4 rings (SSSR count). The third kappa shape index (κ3) is 7.09. The van der Waals surface area contributed by atoms with Crippen LogP contribution in [0.4, 0.5) is 0 Å². The summed E-state index contributed by atoms with van der Waals surface area (Å²) in [5.41, 5.74) is 1.89. The third-order valence-corrected chi connectivity index (χ3v) is 7.04. The molecule has 2 aromatic carbocycles. The van der Waals surface area contributed by atoms with Crippen LogP contribution >= 0.6 is 8.60 Å². The van der Waals surface area contributed by atoms with Crippen LogP contribution in [0, 0.1) is 0 Å². The molecule has 0 aliphatic carbocycles. The number of amides is 1. The maximum atomic E-state index is 12.3. The third-order valence-electron chi connectivity index (χ3n) is 5.72. The predicted molar refractivity (Wildman–Crippen MR) is 133 cm³/mol. The Balaban J connectivity index is 1.60. The molecular weight excluding hydrogens is 485 g/mol. The normalized spacial score (nSPS) is 28.0. The minimum atomic E-state index is -1.69. The molecule has 36 heavy (non-hydrogen) atoms. The Morgan fingerprint density at radius 2 is 1.67 bits per heavy atom. The molecule has 0 saturated carbocycles. The standard InChI is InChI=1S/C26H34NO8P/c1-4-31-36(32-5-2)35-26-22(27-18(3)28)24(29-16-19-12-8-6-9-13-19)23-21(33-26)17-30-25(34-23)20-14-10-7-11-15-20/h6-15,21-26H,4-5,16-17H2,1-3H3,(H,27,28)/t21-,22-,23+,24-,25?,26-/m1/s1. The number of benzene rings is 2. The molecule has 10 heteroatoms. The Morgan fingerprint density at radius 3 is 2.31 bits per heavy atom. The van der Waals surface area contributed by atoms with Crippen molar-refractivity contribution in [2.75, 3.05) is 19.8 Å². The first-order valence-electron chi connectivity index (χ1n) is 12.2. The molecule has 1 unspecified atom stereocenters. The van der Waals surface area contributed by atoms with Crippen molar-refractivity contribution in [3.8, 4) is 0 Å². The van der Waals surface area contributed by atoms with Gasteiger partial charge in [0, 0.05) is 12.5 Å². The zero-order chi connectivity index (χ0) is 25.3. The van der Waals surface area contributed by atoms with Gasteiger partial charge in [0.2, 0.25) is 5.91 Å². The van der Waals surface area contributed by atoms with E-state index in [-0.39, 0.29) is 12.5 Å².